The molecule has 2 amide bonds. The number of aromatic nitrogens is 2. The van der Waals surface area contributed by atoms with Crippen molar-refractivity contribution >= 4 is 45.1 Å². The lowest BCUT2D eigenvalue weighted by molar-refractivity contribution is 0.259. The second-order valence-corrected chi connectivity index (χ2v) is 8.40. The minimum absolute atomic E-state index is 0.253. The summed E-state index contributed by atoms with van der Waals surface area (Å²) in [5, 5.41) is 5.25. The van der Waals surface area contributed by atoms with E-state index in [1.54, 1.807) is 30.3 Å². The number of hydrogen-bond donors (Lipinski definition) is 3. The van der Waals surface area contributed by atoms with Crippen molar-refractivity contribution in [2.75, 3.05) is 5.32 Å². The molecule has 0 atom stereocenters. The Bertz CT molecular complexity index is 1530. The molecule has 0 aliphatic carbocycles. The van der Waals surface area contributed by atoms with Gasteiger partial charge in [0.15, 0.2) is 0 Å². The monoisotopic (exact) mass is 458 g/mol. The van der Waals surface area contributed by atoms with Gasteiger partial charge in [-0.05, 0) is 66.6 Å². The molecule has 0 spiro atoms. The third-order valence-electron chi connectivity index (χ3n) is 5.67. The van der Waals surface area contributed by atoms with E-state index in [2.05, 4.69) is 22.4 Å². The van der Waals surface area contributed by atoms with Gasteiger partial charge in [0.05, 0.1) is 11.2 Å². The normalized spacial score (nSPS) is 11.2. The van der Waals surface area contributed by atoms with Crippen LogP contribution in [0.2, 0.25) is 5.02 Å². The number of halogens is 2. The van der Waals surface area contributed by atoms with Crippen molar-refractivity contribution in [3.8, 4) is 11.1 Å². The molecular weight excluding hydrogens is 439 g/mol. The first-order valence-electron chi connectivity index (χ1n) is 10.4. The highest BCUT2D eigenvalue weighted by molar-refractivity contribution is 6.33. The summed E-state index contributed by atoms with van der Waals surface area (Å²) >= 11 is 6.47. The lowest BCUT2D eigenvalue weighted by Gasteiger charge is -2.09. The molecule has 4 N–H and O–H groups in total. The third-order valence-corrected chi connectivity index (χ3v) is 6.00. The number of primary amides is 1. The molecule has 164 valence electrons. The van der Waals surface area contributed by atoms with Crippen molar-refractivity contribution in [3.63, 3.8) is 0 Å². The molecule has 0 aliphatic heterocycles. The molecule has 0 saturated heterocycles. The molecule has 7 heteroatoms. The SMILES string of the molecule is Cc1nc(Cc2ccc(F)cc2)cc2c1[nH]c1ccc(-c3cc(NC(N)=O)ccc3Cl)cc12. The fourth-order valence-corrected chi connectivity index (χ4v) is 4.38. The van der Waals surface area contributed by atoms with E-state index < -0.39 is 6.03 Å². The number of aromatic amines is 1. The van der Waals surface area contributed by atoms with Crippen molar-refractivity contribution in [1.82, 2.24) is 9.97 Å². The Hall–Kier alpha value is -3.90. The maximum absolute atomic E-state index is 13.3. The molecule has 5 aromatic rings. The van der Waals surface area contributed by atoms with E-state index in [1.807, 2.05) is 19.1 Å². The smallest absolute Gasteiger partial charge is 0.316 e. The number of aryl methyl sites for hydroxylation is 1. The minimum Gasteiger partial charge on any atom is -0.353 e. The Labute approximate surface area is 194 Å². The molecular formula is C26H20ClFN4O. The van der Waals surface area contributed by atoms with Gasteiger partial charge in [-0.3, -0.25) is 4.98 Å². The average Bonchev–Trinajstić information content (AvgIpc) is 3.15. The van der Waals surface area contributed by atoms with Gasteiger partial charge in [0.1, 0.15) is 5.82 Å². The van der Waals surface area contributed by atoms with Gasteiger partial charge in [0.2, 0.25) is 0 Å². The number of H-pyrrole nitrogens is 1. The van der Waals surface area contributed by atoms with Crippen LogP contribution in [0.1, 0.15) is 17.0 Å². The first-order valence-corrected chi connectivity index (χ1v) is 10.8. The van der Waals surface area contributed by atoms with Crippen LogP contribution in [0.15, 0.2) is 66.7 Å². The van der Waals surface area contributed by atoms with Gasteiger partial charge >= 0.3 is 6.03 Å². The fourth-order valence-electron chi connectivity index (χ4n) is 4.15. The molecule has 3 aromatic carbocycles. The molecule has 0 aliphatic rings. The molecule has 5 nitrogen and oxygen atoms in total. The van der Waals surface area contributed by atoms with Gasteiger partial charge in [0, 0.05) is 44.7 Å². The lowest BCUT2D eigenvalue weighted by atomic mass is 10.0. The number of benzene rings is 3. The number of rotatable bonds is 4. The van der Waals surface area contributed by atoms with E-state index in [0.717, 1.165) is 49.9 Å². The molecule has 33 heavy (non-hydrogen) atoms. The Balaban J connectivity index is 1.61. The average molecular weight is 459 g/mol. The number of carbonyl (C=O) groups excluding carboxylic acids is 1. The van der Waals surface area contributed by atoms with Crippen LogP contribution >= 0.6 is 11.6 Å². The highest BCUT2D eigenvalue weighted by atomic mass is 35.5. The summed E-state index contributed by atoms with van der Waals surface area (Å²) in [7, 11) is 0. The number of nitrogens with zero attached hydrogens (tertiary/aromatic N) is 1. The van der Waals surface area contributed by atoms with Crippen molar-refractivity contribution in [2.24, 2.45) is 5.73 Å². The summed E-state index contributed by atoms with van der Waals surface area (Å²) in [6, 6.07) is 19.2. The Kier molecular flexibility index (Phi) is 5.23. The van der Waals surface area contributed by atoms with Crippen LogP contribution in [0.25, 0.3) is 32.9 Å². The van der Waals surface area contributed by atoms with Gasteiger partial charge in [-0.2, -0.15) is 0 Å². The van der Waals surface area contributed by atoms with E-state index in [0.29, 0.717) is 17.1 Å². The number of hydrogen-bond acceptors (Lipinski definition) is 2. The quantitative estimate of drug-likeness (QED) is 0.284. The summed E-state index contributed by atoms with van der Waals surface area (Å²) in [4.78, 5) is 19.5. The van der Waals surface area contributed by atoms with E-state index in [-0.39, 0.29) is 5.82 Å². The van der Waals surface area contributed by atoms with E-state index in [4.69, 9.17) is 22.3 Å². The van der Waals surface area contributed by atoms with Gasteiger partial charge in [-0.1, -0.05) is 29.8 Å². The predicted molar refractivity (Wildman–Crippen MR) is 131 cm³/mol. The number of nitrogens with one attached hydrogen (secondary N) is 2. The molecule has 0 radical (unpaired) electrons. The van der Waals surface area contributed by atoms with Crippen LogP contribution in [0.5, 0.6) is 0 Å². The van der Waals surface area contributed by atoms with Crippen LogP contribution in [0.4, 0.5) is 14.9 Å². The molecule has 0 unspecified atom stereocenters. The van der Waals surface area contributed by atoms with Crippen molar-refractivity contribution in [3.05, 3.63) is 94.5 Å². The molecule has 5 rings (SSSR count). The maximum Gasteiger partial charge on any atom is 0.316 e. The zero-order valence-corrected chi connectivity index (χ0v) is 18.5. The van der Waals surface area contributed by atoms with Crippen LogP contribution in [-0.2, 0) is 6.42 Å². The van der Waals surface area contributed by atoms with E-state index in [9.17, 15) is 9.18 Å². The summed E-state index contributed by atoms with van der Waals surface area (Å²) in [6.45, 7) is 1.97. The number of nitrogens with two attached hydrogens (primary N) is 1. The topological polar surface area (TPSA) is 83.8 Å². The van der Waals surface area contributed by atoms with Crippen LogP contribution < -0.4 is 11.1 Å². The standard InChI is InChI=1S/C26H20ClFN4O/c1-14-25-22(13-19(30-14)10-15-2-5-17(28)6-3-15)21-11-16(4-9-24(21)32-25)20-12-18(31-26(29)33)7-8-23(20)27/h2-9,11-13,32H,10H2,1H3,(H3,29,31,33). The number of fused-ring (bicyclic) bond motifs is 3. The Morgan fingerprint density at radius 3 is 2.61 bits per heavy atom. The number of urea groups is 1. The summed E-state index contributed by atoms with van der Waals surface area (Å²) in [5.41, 5.74) is 12.3. The summed E-state index contributed by atoms with van der Waals surface area (Å²) in [5.74, 6) is -0.253. The number of carbonyl (C=O) groups is 1. The second-order valence-electron chi connectivity index (χ2n) is 7.99. The van der Waals surface area contributed by atoms with Crippen LogP contribution in [0.3, 0.4) is 0 Å². The van der Waals surface area contributed by atoms with Crippen LogP contribution in [0, 0.1) is 12.7 Å². The van der Waals surface area contributed by atoms with Crippen molar-refractivity contribution in [1.29, 1.82) is 0 Å². The van der Waals surface area contributed by atoms with Gasteiger partial charge in [-0.15, -0.1) is 0 Å². The first kappa shape index (κ1) is 21.0. The first-order chi connectivity index (χ1) is 15.9. The summed E-state index contributed by atoms with van der Waals surface area (Å²) < 4.78 is 13.3. The second kappa shape index (κ2) is 8.22. The van der Waals surface area contributed by atoms with Crippen molar-refractivity contribution in [2.45, 2.75) is 13.3 Å². The Morgan fingerprint density at radius 2 is 1.85 bits per heavy atom. The zero-order valence-electron chi connectivity index (χ0n) is 17.7. The molecule has 2 aromatic heterocycles. The highest BCUT2D eigenvalue weighted by Crippen LogP contribution is 2.35. The van der Waals surface area contributed by atoms with Gasteiger partial charge in [0.25, 0.3) is 0 Å². The largest absolute Gasteiger partial charge is 0.353 e. The highest BCUT2D eigenvalue weighted by Gasteiger charge is 2.13. The number of anilines is 1. The third kappa shape index (κ3) is 4.13. The van der Waals surface area contributed by atoms with E-state index in [1.165, 1.54) is 12.1 Å². The molecule has 0 fully saturated rings. The minimum atomic E-state index is -0.632. The lowest BCUT2D eigenvalue weighted by Crippen LogP contribution is -2.19. The maximum atomic E-state index is 13.3. The summed E-state index contributed by atoms with van der Waals surface area (Å²) in [6.07, 6.45) is 0.607. The Morgan fingerprint density at radius 1 is 1.06 bits per heavy atom. The van der Waals surface area contributed by atoms with Gasteiger partial charge in [-0.25, -0.2) is 9.18 Å². The molecule has 0 saturated carbocycles. The molecule has 2 heterocycles. The fraction of sp³-hybridized carbons (Fsp3) is 0.0769. The van der Waals surface area contributed by atoms with Crippen molar-refractivity contribution < 1.29 is 9.18 Å². The van der Waals surface area contributed by atoms with Gasteiger partial charge < -0.3 is 16.0 Å². The number of amides is 2. The number of pyridine rings is 1. The van der Waals surface area contributed by atoms with Crippen LogP contribution in [-0.4, -0.2) is 16.0 Å². The zero-order chi connectivity index (χ0) is 23.1. The predicted octanol–water partition coefficient (Wildman–Crippen LogP) is 6.57. The van der Waals surface area contributed by atoms with E-state index >= 15 is 0 Å². The molecule has 0 bridgehead atoms.